The summed E-state index contributed by atoms with van der Waals surface area (Å²) in [6.45, 7) is 3.76. The smallest absolute Gasteiger partial charge is 0.335 e. The van der Waals surface area contributed by atoms with Crippen molar-refractivity contribution in [1.29, 1.82) is 0 Å². The third-order valence-corrected chi connectivity index (χ3v) is 4.30. The fourth-order valence-corrected chi connectivity index (χ4v) is 3.17. The Morgan fingerprint density at radius 1 is 1.20 bits per heavy atom. The molecule has 0 aromatic heterocycles. The van der Waals surface area contributed by atoms with Gasteiger partial charge in [0, 0.05) is 0 Å². The average Bonchev–Trinajstić information content (AvgIpc) is 3.00. The van der Waals surface area contributed by atoms with E-state index in [1.54, 1.807) is 6.07 Å². The van der Waals surface area contributed by atoms with E-state index in [1.165, 1.54) is 17.7 Å². The molecule has 1 unspecified atom stereocenters. The number of fused-ring (bicyclic) bond motifs is 1. The zero-order chi connectivity index (χ0) is 18.0. The summed E-state index contributed by atoms with van der Waals surface area (Å²) in [5, 5.41) is 12.1. The number of carboxylic acids is 1. The zero-order valence-corrected chi connectivity index (χ0v) is 14.3. The number of carbonyl (C=O) groups excluding carboxylic acids is 1. The number of carboxylic acid groups (broad SMARTS) is 1. The Bertz CT molecular complexity index is 813. The maximum absolute atomic E-state index is 12.8. The van der Waals surface area contributed by atoms with Crippen LogP contribution in [0.4, 0.5) is 5.69 Å². The Morgan fingerprint density at radius 2 is 1.96 bits per heavy atom. The Labute approximate surface area is 146 Å². The third kappa shape index (κ3) is 3.65. The lowest BCUT2D eigenvalue weighted by atomic mass is 10.0. The van der Waals surface area contributed by atoms with E-state index in [9.17, 15) is 14.7 Å². The maximum Gasteiger partial charge on any atom is 0.335 e. The Hall–Kier alpha value is -2.82. The molecule has 1 atom stereocenters. The highest BCUT2D eigenvalue weighted by atomic mass is 16.5. The van der Waals surface area contributed by atoms with Gasteiger partial charge in [-0.2, -0.15) is 0 Å². The number of aromatic carboxylic acids is 1. The van der Waals surface area contributed by atoms with Crippen LogP contribution < -0.4 is 10.1 Å². The van der Waals surface area contributed by atoms with Crippen LogP contribution in [0, 0.1) is 0 Å². The lowest BCUT2D eigenvalue weighted by molar-refractivity contribution is -0.117. The average molecular weight is 339 g/mol. The van der Waals surface area contributed by atoms with Crippen molar-refractivity contribution in [2.75, 3.05) is 5.32 Å². The number of rotatable bonds is 5. The number of carbonyl (C=O) groups is 2. The number of aryl methyl sites for hydroxylation is 1. The molecule has 5 nitrogen and oxygen atoms in total. The molecule has 0 radical (unpaired) electrons. The molecule has 5 heteroatoms. The fourth-order valence-electron chi connectivity index (χ4n) is 3.17. The van der Waals surface area contributed by atoms with Gasteiger partial charge in [-0.3, -0.25) is 4.79 Å². The van der Waals surface area contributed by atoms with Crippen LogP contribution in [0.15, 0.2) is 42.5 Å². The number of nitrogens with one attached hydrogen (secondary N) is 1. The first-order valence-corrected chi connectivity index (χ1v) is 8.38. The molecule has 3 rings (SSSR count). The highest BCUT2D eigenvalue weighted by Crippen LogP contribution is 2.35. The SMILES string of the molecule is CC(C)Oc1ccc(C(=O)O)cc1NC(=O)C1CCc2ccccc21. The second-order valence-electron chi connectivity index (χ2n) is 6.46. The van der Waals surface area contributed by atoms with Crippen LogP contribution >= 0.6 is 0 Å². The van der Waals surface area contributed by atoms with E-state index in [2.05, 4.69) is 5.32 Å². The molecule has 130 valence electrons. The van der Waals surface area contributed by atoms with E-state index in [0.29, 0.717) is 11.4 Å². The highest BCUT2D eigenvalue weighted by Gasteiger charge is 2.29. The largest absolute Gasteiger partial charge is 0.489 e. The molecule has 2 aromatic carbocycles. The number of benzene rings is 2. The van der Waals surface area contributed by atoms with Crippen molar-refractivity contribution >= 4 is 17.6 Å². The summed E-state index contributed by atoms with van der Waals surface area (Å²) in [4.78, 5) is 24.0. The first-order chi connectivity index (χ1) is 12.0. The van der Waals surface area contributed by atoms with Gasteiger partial charge in [-0.15, -0.1) is 0 Å². The van der Waals surface area contributed by atoms with Gasteiger partial charge in [0.05, 0.1) is 23.3 Å². The van der Waals surface area contributed by atoms with E-state index >= 15 is 0 Å². The van der Waals surface area contributed by atoms with Crippen LogP contribution in [0.2, 0.25) is 0 Å². The van der Waals surface area contributed by atoms with Crippen LogP contribution in [0.5, 0.6) is 5.75 Å². The van der Waals surface area contributed by atoms with Gasteiger partial charge in [0.15, 0.2) is 0 Å². The monoisotopic (exact) mass is 339 g/mol. The maximum atomic E-state index is 12.8. The Morgan fingerprint density at radius 3 is 2.68 bits per heavy atom. The predicted molar refractivity (Wildman–Crippen MR) is 95.3 cm³/mol. The van der Waals surface area contributed by atoms with Gasteiger partial charge in [0.1, 0.15) is 5.75 Å². The molecule has 0 heterocycles. The van der Waals surface area contributed by atoms with E-state index in [1.807, 2.05) is 38.1 Å². The minimum Gasteiger partial charge on any atom is -0.489 e. The molecule has 0 aliphatic heterocycles. The van der Waals surface area contributed by atoms with Crippen LogP contribution in [-0.2, 0) is 11.2 Å². The zero-order valence-electron chi connectivity index (χ0n) is 14.3. The molecule has 0 bridgehead atoms. The van der Waals surface area contributed by atoms with Crippen molar-refractivity contribution in [1.82, 2.24) is 0 Å². The van der Waals surface area contributed by atoms with Gasteiger partial charge in [-0.05, 0) is 56.0 Å². The second-order valence-corrected chi connectivity index (χ2v) is 6.46. The van der Waals surface area contributed by atoms with Gasteiger partial charge >= 0.3 is 5.97 Å². The van der Waals surface area contributed by atoms with Gasteiger partial charge in [-0.25, -0.2) is 4.79 Å². The van der Waals surface area contributed by atoms with E-state index < -0.39 is 5.97 Å². The minimum absolute atomic E-state index is 0.0847. The third-order valence-electron chi connectivity index (χ3n) is 4.30. The van der Waals surface area contributed by atoms with Crippen molar-refractivity contribution in [3.05, 3.63) is 59.2 Å². The second kappa shape index (κ2) is 6.97. The first kappa shape index (κ1) is 17.0. The van der Waals surface area contributed by atoms with Gasteiger partial charge in [0.2, 0.25) is 5.91 Å². The number of amides is 1. The summed E-state index contributed by atoms with van der Waals surface area (Å²) in [5.74, 6) is -0.935. The lowest BCUT2D eigenvalue weighted by Gasteiger charge is -2.18. The van der Waals surface area contributed by atoms with Crippen molar-refractivity contribution in [3.63, 3.8) is 0 Å². The van der Waals surface area contributed by atoms with Crippen molar-refractivity contribution in [2.24, 2.45) is 0 Å². The van der Waals surface area contributed by atoms with Crippen LogP contribution in [0.25, 0.3) is 0 Å². The van der Waals surface area contributed by atoms with E-state index in [0.717, 1.165) is 18.4 Å². The quantitative estimate of drug-likeness (QED) is 0.868. The topological polar surface area (TPSA) is 75.6 Å². The molecule has 1 aliphatic rings. The molecule has 25 heavy (non-hydrogen) atoms. The van der Waals surface area contributed by atoms with Crippen LogP contribution in [-0.4, -0.2) is 23.1 Å². The van der Waals surface area contributed by atoms with Crippen molar-refractivity contribution in [2.45, 2.75) is 38.7 Å². The standard InChI is InChI=1S/C20H21NO4/c1-12(2)25-18-10-8-14(20(23)24)11-17(18)21-19(22)16-9-7-13-5-3-4-6-15(13)16/h3-6,8,10-12,16H,7,9H2,1-2H3,(H,21,22)(H,23,24). The molecule has 2 N–H and O–H groups in total. The van der Waals surface area contributed by atoms with Gasteiger partial charge < -0.3 is 15.2 Å². The van der Waals surface area contributed by atoms with Crippen molar-refractivity contribution < 1.29 is 19.4 Å². The summed E-state index contributed by atoms with van der Waals surface area (Å²) in [5.41, 5.74) is 2.74. The van der Waals surface area contributed by atoms with Crippen molar-refractivity contribution in [3.8, 4) is 5.75 Å². The van der Waals surface area contributed by atoms with Crippen LogP contribution in [0.3, 0.4) is 0 Å². The molecule has 2 aromatic rings. The minimum atomic E-state index is -1.04. The molecule has 0 fully saturated rings. The van der Waals surface area contributed by atoms with E-state index in [4.69, 9.17) is 4.74 Å². The number of ether oxygens (including phenoxy) is 1. The number of anilines is 1. The first-order valence-electron chi connectivity index (χ1n) is 8.38. The van der Waals surface area contributed by atoms with Gasteiger partial charge in [0.25, 0.3) is 0 Å². The summed E-state index contributed by atoms with van der Waals surface area (Å²) in [6, 6.07) is 12.4. The highest BCUT2D eigenvalue weighted by molar-refractivity contribution is 5.99. The summed E-state index contributed by atoms with van der Waals surface area (Å²) in [6.07, 6.45) is 1.54. The normalized spacial score (nSPS) is 15.7. The lowest BCUT2D eigenvalue weighted by Crippen LogP contribution is -2.20. The summed E-state index contributed by atoms with van der Waals surface area (Å²) < 4.78 is 5.71. The number of hydrogen-bond donors (Lipinski definition) is 2. The Kier molecular flexibility index (Phi) is 4.74. The molecule has 1 amide bonds. The molecular formula is C20H21NO4. The van der Waals surface area contributed by atoms with E-state index in [-0.39, 0.29) is 23.5 Å². The predicted octanol–water partition coefficient (Wildman–Crippen LogP) is 3.84. The molecule has 1 aliphatic carbocycles. The molecule has 0 saturated carbocycles. The Balaban J connectivity index is 1.87. The molecule has 0 saturated heterocycles. The molecule has 0 spiro atoms. The molecular weight excluding hydrogens is 318 g/mol. The summed E-state index contributed by atoms with van der Waals surface area (Å²) in [7, 11) is 0. The van der Waals surface area contributed by atoms with Gasteiger partial charge in [-0.1, -0.05) is 24.3 Å². The summed E-state index contributed by atoms with van der Waals surface area (Å²) >= 11 is 0. The fraction of sp³-hybridized carbons (Fsp3) is 0.300. The van der Waals surface area contributed by atoms with Crippen LogP contribution in [0.1, 0.15) is 47.7 Å². The number of hydrogen-bond acceptors (Lipinski definition) is 3.